The maximum Gasteiger partial charge on any atom is 0.295 e. The van der Waals surface area contributed by atoms with Crippen molar-refractivity contribution < 1.29 is 14.3 Å². The zero-order chi connectivity index (χ0) is 19.2. The minimum Gasteiger partial charge on any atom is -0.495 e. The SMILES string of the molecule is COc1ccc(Cl)cc1NCN1C(=O)S/C(=C/C=C/c2ccccc2)C1=O. The molecule has 1 aliphatic heterocycles. The van der Waals surface area contributed by atoms with Crippen LogP contribution >= 0.6 is 23.4 Å². The first-order chi connectivity index (χ1) is 13.1. The van der Waals surface area contributed by atoms with Crippen LogP contribution in [0.25, 0.3) is 6.08 Å². The third-order valence-electron chi connectivity index (χ3n) is 3.80. The van der Waals surface area contributed by atoms with Crippen LogP contribution in [-0.4, -0.2) is 29.8 Å². The van der Waals surface area contributed by atoms with Gasteiger partial charge in [-0.15, -0.1) is 0 Å². The molecule has 138 valence electrons. The molecule has 1 fully saturated rings. The number of carbonyl (C=O) groups is 2. The van der Waals surface area contributed by atoms with E-state index in [1.54, 1.807) is 30.4 Å². The van der Waals surface area contributed by atoms with Gasteiger partial charge in [-0.25, -0.2) is 0 Å². The van der Waals surface area contributed by atoms with Crippen molar-refractivity contribution in [1.82, 2.24) is 4.90 Å². The Balaban J connectivity index is 1.67. The van der Waals surface area contributed by atoms with Gasteiger partial charge in [0, 0.05) is 5.02 Å². The molecule has 0 unspecified atom stereocenters. The molecule has 7 heteroatoms. The smallest absolute Gasteiger partial charge is 0.295 e. The number of halogens is 1. The quantitative estimate of drug-likeness (QED) is 0.690. The highest BCUT2D eigenvalue weighted by molar-refractivity contribution is 8.18. The summed E-state index contributed by atoms with van der Waals surface area (Å²) in [7, 11) is 1.54. The first kappa shape index (κ1) is 19.1. The number of ether oxygens (including phenoxy) is 1. The van der Waals surface area contributed by atoms with Gasteiger partial charge in [-0.1, -0.05) is 54.1 Å². The standard InChI is InChI=1S/C20H17ClN2O3S/c1-26-17-11-10-15(21)12-16(17)22-13-23-19(24)18(27-20(23)25)9-5-8-14-6-3-2-4-7-14/h2-12,22H,13H2,1H3/b8-5+,18-9+. The number of thioether (sulfide) groups is 1. The molecule has 1 aliphatic rings. The first-order valence-corrected chi connectivity index (χ1v) is 9.32. The van der Waals surface area contributed by atoms with Crippen molar-refractivity contribution in [1.29, 1.82) is 0 Å². The fourth-order valence-corrected chi connectivity index (χ4v) is 3.41. The zero-order valence-corrected chi connectivity index (χ0v) is 16.1. The number of carbonyl (C=O) groups excluding carboxylic acids is 2. The molecule has 3 rings (SSSR count). The molecule has 0 saturated carbocycles. The molecular weight excluding hydrogens is 384 g/mol. The van der Waals surface area contributed by atoms with Crippen molar-refractivity contribution in [3.63, 3.8) is 0 Å². The number of imide groups is 1. The van der Waals surface area contributed by atoms with Gasteiger partial charge < -0.3 is 10.1 Å². The summed E-state index contributed by atoms with van der Waals surface area (Å²) < 4.78 is 5.25. The van der Waals surface area contributed by atoms with Gasteiger partial charge in [-0.05, 0) is 41.6 Å². The Labute approximate surface area is 166 Å². The third kappa shape index (κ3) is 4.72. The van der Waals surface area contributed by atoms with Gasteiger partial charge in [0.05, 0.1) is 24.4 Å². The highest BCUT2D eigenvalue weighted by Gasteiger charge is 2.34. The molecule has 2 amide bonds. The van der Waals surface area contributed by atoms with Gasteiger partial charge in [-0.2, -0.15) is 0 Å². The van der Waals surface area contributed by atoms with E-state index in [0.29, 0.717) is 21.4 Å². The van der Waals surface area contributed by atoms with Crippen LogP contribution in [0, 0.1) is 0 Å². The van der Waals surface area contributed by atoms with E-state index >= 15 is 0 Å². The van der Waals surface area contributed by atoms with Crippen LogP contribution in [0.1, 0.15) is 5.56 Å². The number of nitrogens with one attached hydrogen (secondary N) is 1. The predicted octanol–water partition coefficient (Wildman–Crippen LogP) is 5.01. The molecule has 5 nitrogen and oxygen atoms in total. The Morgan fingerprint density at radius 3 is 2.70 bits per heavy atom. The molecule has 0 bridgehead atoms. The maximum atomic E-state index is 12.5. The summed E-state index contributed by atoms with van der Waals surface area (Å²) in [5.74, 6) is 0.240. The average molecular weight is 401 g/mol. The Morgan fingerprint density at radius 2 is 1.96 bits per heavy atom. The molecule has 0 aliphatic carbocycles. The van der Waals surface area contributed by atoms with Crippen LogP contribution in [0.5, 0.6) is 5.75 Å². The summed E-state index contributed by atoms with van der Waals surface area (Å²) in [6.07, 6.45) is 5.29. The van der Waals surface area contributed by atoms with Crippen molar-refractivity contribution in [2.75, 3.05) is 19.1 Å². The van der Waals surface area contributed by atoms with Crippen LogP contribution in [0.2, 0.25) is 5.02 Å². The van der Waals surface area contributed by atoms with Gasteiger partial charge in [0.25, 0.3) is 11.1 Å². The summed E-state index contributed by atoms with van der Waals surface area (Å²) in [6.45, 7) is 0.0289. The van der Waals surface area contributed by atoms with Crippen molar-refractivity contribution in [3.8, 4) is 5.75 Å². The number of amides is 2. The zero-order valence-electron chi connectivity index (χ0n) is 14.5. The van der Waals surface area contributed by atoms with Crippen LogP contribution in [-0.2, 0) is 4.79 Å². The highest BCUT2D eigenvalue weighted by atomic mass is 35.5. The molecule has 2 aromatic carbocycles. The summed E-state index contributed by atoms with van der Waals surface area (Å²) in [6, 6.07) is 14.8. The molecule has 1 heterocycles. The lowest BCUT2D eigenvalue weighted by Crippen LogP contribution is -2.33. The average Bonchev–Trinajstić information content (AvgIpc) is 2.94. The number of anilines is 1. The second-order valence-electron chi connectivity index (χ2n) is 5.58. The Morgan fingerprint density at radius 1 is 1.19 bits per heavy atom. The summed E-state index contributed by atoms with van der Waals surface area (Å²) in [4.78, 5) is 26.2. The van der Waals surface area contributed by atoms with Crippen molar-refractivity contribution in [2.24, 2.45) is 0 Å². The van der Waals surface area contributed by atoms with Crippen LogP contribution in [0.15, 0.2) is 65.6 Å². The lowest BCUT2D eigenvalue weighted by molar-refractivity contribution is -0.122. The third-order valence-corrected chi connectivity index (χ3v) is 4.96. The monoisotopic (exact) mass is 400 g/mol. The van der Waals surface area contributed by atoms with Crippen molar-refractivity contribution in [2.45, 2.75) is 0 Å². The second kappa shape index (κ2) is 8.79. The van der Waals surface area contributed by atoms with Gasteiger partial charge in [0.2, 0.25) is 0 Å². The lowest BCUT2D eigenvalue weighted by atomic mass is 10.2. The predicted molar refractivity (Wildman–Crippen MR) is 110 cm³/mol. The lowest BCUT2D eigenvalue weighted by Gasteiger charge is -2.16. The van der Waals surface area contributed by atoms with Gasteiger partial charge in [0.15, 0.2) is 0 Å². The van der Waals surface area contributed by atoms with Gasteiger partial charge in [-0.3, -0.25) is 14.5 Å². The number of allylic oxidation sites excluding steroid dienone is 2. The molecule has 0 radical (unpaired) electrons. The number of hydrogen-bond donors (Lipinski definition) is 1. The Bertz CT molecular complexity index is 913. The van der Waals surface area contributed by atoms with E-state index in [-0.39, 0.29) is 17.8 Å². The summed E-state index contributed by atoms with van der Waals surface area (Å²) in [5.41, 5.74) is 1.62. The van der Waals surface area contributed by atoms with Crippen molar-refractivity contribution in [3.05, 3.63) is 76.2 Å². The van der Waals surface area contributed by atoms with Gasteiger partial charge >= 0.3 is 0 Å². The molecule has 0 atom stereocenters. The molecule has 27 heavy (non-hydrogen) atoms. The number of rotatable bonds is 6. The molecular formula is C20H17ClN2O3S. The van der Waals surface area contributed by atoms with Crippen LogP contribution in [0.3, 0.4) is 0 Å². The number of nitrogens with zero attached hydrogens (tertiary/aromatic N) is 1. The van der Waals surface area contributed by atoms with Gasteiger partial charge in [0.1, 0.15) is 5.75 Å². The fraction of sp³-hybridized carbons (Fsp3) is 0.100. The van der Waals surface area contributed by atoms with E-state index in [0.717, 1.165) is 22.2 Å². The molecule has 2 aromatic rings. The Kier molecular flexibility index (Phi) is 6.21. The second-order valence-corrected chi connectivity index (χ2v) is 7.01. The maximum absolute atomic E-state index is 12.5. The molecule has 1 N–H and O–H groups in total. The summed E-state index contributed by atoms with van der Waals surface area (Å²) in [5, 5.41) is 3.23. The largest absolute Gasteiger partial charge is 0.495 e. The number of hydrogen-bond acceptors (Lipinski definition) is 5. The van der Waals surface area contributed by atoms with E-state index in [1.807, 2.05) is 36.4 Å². The minimum absolute atomic E-state index is 0.0289. The van der Waals surface area contributed by atoms with E-state index in [9.17, 15) is 9.59 Å². The topological polar surface area (TPSA) is 58.6 Å². The number of methoxy groups -OCH3 is 1. The highest BCUT2D eigenvalue weighted by Crippen LogP contribution is 2.32. The normalized spacial score (nSPS) is 15.8. The van der Waals surface area contributed by atoms with E-state index < -0.39 is 0 Å². The minimum atomic E-state index is -0.337. The van der Waals surface area contributed by atoms with Crippen LogP contribution < -0.4 is 10.1 Å². The summed E-state index contributed by atoms with van der Waals surface area (Å²) >= 11 is 6.91. The molecule has 0 aromatic heterocycles. The van der Waals surface area contributed by atoms with E-state index in [1.165, 1.54) is 7.11 Å². The fourth-order valence-electron chi connectivity index (χ4n) is 2.44. The van der Waals surface area contributed by atoms with Crippen molar-refractivity contribution >= 4 is 46.3 Å². The molecule has 0 spiro atoms. The van der Waals surface area contributed by atoms with E-state index in [4.69, 9.17) is 16.3 Å². The van der Waals surface area contributed by atoms with Crippen LogP contribution in [0.4, 0.5) is 10.5 Å². The molecule has 1 saturated heterocycles. The Hall–Kier alpha value is -2.70. The number of benzene rings is 2. The van der Waals surface area contributed by atoms with E-state index in [2.05, 4.69) is 5.32 Å². The first-order valence-electron chi connectivity index (χ1n) is 8.13.